The highest BCUT2D eigenvalue weighted by atomic mass is 32.2. The van der Waals surface area contributed by atoms with E-state index in [2.05, 4.69) is 12.2 Å². The Labute approximate surface area is 120 Å². The molecular formula is C13H24N2O4S. The molecule has 2 heterocycles. The van der Waals surface area contributed by atoms with Gasteiger partial charge in [0.25, 0.3) is 5.91 Å². The van der Waals surface area contributed by atoms with Crippen LogP contribution in [0.2, 0.25) is 0 Å². The van der Waals surface area contributed by atoms with Crippen LogP contribution < -0.4 is 5.32 Å². The van der Waals surface area contributed by atoms with Gasteiger partial charge in [0.15, 0.2) is 9.84 Å². The second kappa shape index (κ2) is 6.87. The predicted molar refractivity (Wildman–Crippen MR) is 76.3 cm³/mol. The molecule has 2 aliphatic rings. The highest BCUT2D eigenvalue weighted by molar-refractivity contribution is 7.91. The van der Waals surface area contributed by atoms with Crippen LogP contribution in [0.1, 0.15) is 26.2 Å². The molecule has 1 N–H and O–H groups in total. The zero-order valence-corrected chi connectivity index (χ0v) is 12.8. The lowest BCUT2D eigenvalue weighted by atomic mass is 10.1. The molecule has 0 bridgehead atoms. The highest BCUT2D eigenvalue weighted by Crippen LogP contribution is 2.20. The summed E-state index contributed by atoms with van der Waals surface area (Å²) in [5.74, 6) is 0.229. The SMILES string of the molecule is CCCCN(C(=O)C1CNCCO1)C1CCS(=O)(=O)C1. The van der Waals surface area contributed by atoms with Crippen molar-refractivity contribution in [2.75, 3.05) is 37.7 Å². The molecule has 0 aliphatic carbocycles. The van der Waals surface area contributed by atoms with Crippen molar-refractivity contribution in [2.24, 2.45) is 0 Å². The maximum atomic E-state index is 12.6. The van der Waals surface area contributed by atoms with Crippen LogP contribution in [0.5, 0.6) is 0 Å². The number of nitrogens with zero attached hydrogens (tertiary/aromatic N) is 1. The Morgan fingerprint density at radius 2 is 2.25 bits per heavy atom. The first-order valence-electron chi connectivity index (χ1n) is 7.36. The number of nitrogens with one attached hydrogen (secondary N) is 1. The molecule has 6 nitrogen and oxygen atoms in total. The maximum Gasteiger partial charge on any atom is 0.253 e. The van der Waals surface area contributed by atoms with Crippen LogP contribution in [0.15, 0.2) is 0 Å². The van der Waals surface area contributed by atoms with Gasteiger partial charge in [0, 0.05) is 25.7 Å². The van der Waals surface area contributed by atoms with E-state index in [-0.39, 0.29) is 23.5 Å². The number of morpholine rings is 1. The quantitative estimate of drug-likeness (QED) is 0.761. The molecule has 0 aromatic heterocycles. The summed E-state index contributed by atoms with van der Waals surface area (Å²) < 4.78 is 28.8. The lowest BCUT2D eigenvalue weighted by Gasteiger charge is -2.33. The Kier molecular flexibility index (Phi) is 5.40. The summed E-state index contributed by atoms with van der Waals surface area (Å²) >= 11 is 0. The maximum absolute atomic E-state index is 12.6. The van der Waals surface area contributed by atoms with E-state index < -0.39 is 15.9 Å². The summed E-state index contributed by atoms with van der Waals surface area (Å²) in [6, 6.07) is -0.176. The van der Waals surface area contributed by atoms with Crippen molar-refractivity contribution < 1.29 is 17.9 Å². The molecule has 7 heteroatoms. The second-order valence-electron chi connectivity index (χ2n) is 5.51. The third-order valence-corrected chi connectivity index (χ3v) is 5.64. The van der Waals surface area contributed by atoms with Crippen molar-refractivity contribution >= 4 is 15.7 Å². The predicted octanol–water partition coefficient (Wildman–Crippen LogP) is -0.209. The lowest BCUT2D eigenvalue weighted by Crippen LogP contribution is -2.52. The molecule has 2 atom stereocenters. The normalized spacial score (nSPS) is 29.2. The van der Waals surface area contributed by atoms with Gasteiger partial charge in [-0.05, 0) is 12.8 Å². The molecule has 0 aromatic rings. The Hall–Kier alpha value is -0.660. The smallest absolute Gasteiger partial charge is 0.253 e. The van der Waals surface area contributed by atoms with Crippen LogP contribution in [-0.4, -0.2) is 69.1 Å². The number of ether oxygens (including phenoxy) is 1. The minimum absolute atomic E-state index is 0.0623. The van der Waals surface area contributed by atoms with Crippen LogP contribution in [0.3, 0.4) is 0 Å². The zero-order valence-electron chi connectivity index (χ0n) is 12.0. The van der Waals surface area contributed by atoms with E-state index >= 15 is 0 Å². The van der Waals surface area contributed by atoms with Gasteiger partial charge in [-0.25, -0.2) is 8.42 Å². The van der Waals surface area contributed by atoms with E-state index in [1.54, 1.807) is 4.90 Å². The molecule has 1 amide bonds. The zero-order chi connectivity index (χ0) is 14.6. The molecule has 2 fully saturated rings. The topological polar surface area (TPSA) is 75.7 Å². The van der Waals surface area contributed by atoms with Crippen LogP contribution in [-0.2, 0) is 19.4 Å². The van der Waals surface area contributed by atoms with Gasteiger partial charge in [-0.2, -0.15) is 0 Å². The van der Waals surface area contributed by atoms with Crippen molar-refractivity contribution in [1.82, 2.24) is 10.2 Å². The third kappa shape index (κ3) is 3.93. The summed E-state index contributed by atoms with van der Waals surface area (Å²) in [4.78, 5) is 14.3. The lowest BCUT2D eigenvalue weighted by molar-refractivity contribution is -0.147. The van der Waals surface area contributed by atoms with E-state index in [0.29, 0.717) is 26.1 Å². The monoisotopic (exact) mass is 304 g/mol. The average Bonchev–Trinajstić information content (AvgIpc) is 2.80. The van der Waals surface area contributed by atoms with Crippen molar-refractivity contribution in [2.45, 2.75) is 38.3 Å². The fourth-order valence-electron chi connectivity index (χ4n) is 2.73. The Morgan fingerprint density at radius 1 is 1.45 bits per heavy atom. The number of sulfone groups is 1. The molecule has 0 radical (unpaired) electrons. The average molecular weight is 304 g/mol. The molecule has 2 saturated heterocycles. The van der Waals surface area contributed by atoms with Crippen LogP contribution >= 0.6 is 0 Å². The van der Waals surface area contributed by atoms with Gasteiger partial charge < -0.3 is 15.0 Å². The minimum atomic E-state index is -2.98. The second-order valence-corrected chi connectivity index (χ2v) is 7.73. The summed E-state index contributed by atoms with van der Waals surface area (Å²) in [6.07, 6.45) is 1.96. The summed E-state index contributed by atoms with van der Waals surface area (Å²) in [7, 11) is -2.98. The Bertz CT molecular complexity index is 432. The van der Waals surface area contributed by atoms with Gasteiger partial charge in [-0.15, -0.1) is 0 Å². The first-order valence-corrected chi connectivity index (χ1v) is 9.19. The number of amides is 1. The fraction of sp³-hybridized carbons (Fsp3) is 0.923. The van der Waals surface area contributed by atoms with Crippen molar-refractivity contribution in [3.63, 3.8) is 0 Å². The van der Waals surface area contributed by atoms with E-state index in [0.717, 1.165) is 19.4 Å². The highest BCUT2D eigenvalue weighted by Gasteiger charge is 2.37. The molecule has 0 aromatic carbocycles. The first kappa shape index (κ1) is 15.7. The van der Waals surface area contributed by atoms with Crippen LogP contribution in [0, 0.1) is 0 Å². The van der Waals surface area contributed by atoms with Gasteiger partial charge in [-0.3, -0.25) is 4.79 Å². The van der Waals surface area contributed by atoms with E-state index in [1.165, 1.54) is 0 Å². The number of rotatable bonds is 5. The number of unbranched alkanes of at least 4 members (excludes halogenated alkanes) is 1. The van der Waals surface area contributed by atoms with Crippen molar-refractivity contribution in [3.8, 4) is 0 Å². The molecule has 2 aliphatic heterocycles. The van der Waals surface area contributed by atoms with Gasteiger partial charge in [0.2, 0.25) is 0 Å². The van der Waals surface area contributed by atoms with E-state index in [9.17, 15) is 13.2 Å². The molecule has 2 unspecified atom stereocenters. The van der Waals surface area contributed by atoms with Crippen LogP contribution in [0.4, 0.5) is 0 Å². The molecule has 20 heavy (non-hydrogen) atoms. The fourth-order valence-corrected chi connectivity index (χ4v) is 4.46. The summed E-state index contributed by atoms with van der Waals surface area (Å²) in [5, 5.41) is 3.14. The Balaban J connectivity index is 2.04. The minimum Gasteiger partial charge on any atom is -0.366 e. The van der Waals surface area contributed by atoms with Crippen LogP contribution in [0.25, 0.3) is 0 Å². The van der Waals surface area contributed by atoms with E-state index in [1.807, 2.05) is 0 Å². The Morgan fingerprint density at radius 3 is 2.80 bits per heavy atom. The molecule has 116 valence electrons. The van der Waals surface area contributed by atoms with Gasteiger partial charge >= 0.3 is 0 Å². The van der Waals surface area contributed by atoms with Gasteiger partial charge in [-0.1, -0.05) is 13.3 Å². The first-order chi connectivity index (χ1) is 9.53. The molecular weight excluding hydrogens is 280 g/mol. The number of carbonyl (C=O) groups is 1. The number of carbonyl (C=O) groups excluding carboxylic acids is 1. The number of hydrogen-bond donors (Lipinski definition) is 1. The standard InChI is InChI=1S/C13H24N2O4S/c1-2-3-6-15(11-4-8-20(17,18)10-11)13(16)12-9-14-5-7-19-12/h11-12,14H,2-10H2,1H3. The number of hydrogen-bond acceptors (Lipinski definition) is 5. The van der Waals surface area contributed by atoms with Crippen molar-refractivity contribution in [1.29, 1.82) is 0 Å². The third-order valence-electron chi connectivity index (χ3n) is 3.89. The van der Waals surface area contributed by atoms with E-state index in [4.69, 9.17) is 4.74 Å². The molecule has 0 spiro atoms. The molecule has 2 rings (SSSR count). The summed E-state index contributed by atoms with van der Waals surface area (Å²) in [6.45, 7) is 4.49. The van der Waals surface area contributed by atoms with Crippen molar-refractivity contribution in [3.05, 3.63) is 0 Å². The largest absolute Gasteiger partial charge is 0.366 e. The molecule has 0 saturated carbocycles. The summed E-state index contributed by atoms with van der Waals surface area (Å²) in [5.41, 5.74) is 0. The van der Waals surface area contributed by atoms with Gasteiger partial charge in [0.1, 0.15) is 6.10 Å². The van der Waals surface area contributed by atoms with Gasteiger partial charge in [0.05, 0.1) is 18.1 Å².